The third-order valence-electron chi connectivity index (χ3n) is 1.89. The first kappa shape index (κ1) is 15.8. The van der Waals surface area contributed by atoms with Crippen molar-refractivity contribution in [1.29, 1.82) is 0 Å². The van der Waals surface area contributed by atoms with Gasteiger partial charge in [0.2, 0.25) is 10.0 Å². The average Bonchev–Trinajstić information content (AvgIpc) is 2.21. The fourth-order valence-corrected chi connectivity index (χ4v) is 2.31. The van der Waals surface area contributed by atoms with E-state index in [1.165, 1.54) is 0 Å². The molecule has 0 bridgehead atoms. The van der Waals surface area contributed by atoms with Crippen LogP contribution in [-0.4, -0.2) is 53.3 Å². The lowest BCUT2D eigenvalue weighted by Gasteiger charge is -2.22. The predicted octanol–water partition coefficient (Wildman–Crippen LogP) is -2.23. The second-order valence-corrected chi connectivity index (χ2v) is 5.23. The van der Waals surface area contributed by atoms with E-state index in [-0.39, 0.29) is 17.4 Å². The van der Waals surface area contributed by atoms with Crippen LogP contribution in [0.15, 0.2) is 0 Å². The highest BCUT2D eigenvalue weighted by molar-refractivity contribution is 7.89. The number of rotatable bonds is 8. The number of nitrogens with two attached hydrogens (primary N) is 2. The summed E-state index contributed by atoms with van der Waals surface area (Å²) in [5.41, 5.74) is 5.12. The van der Waals surface area contributed by atoms with Gasteiger partial charge in [0.25, 0.3) is 0 Å². The molecule has 9 nitrogen and oxygen atoms in total. The molecule has 100 valence electrons. The van der Waals surface area contributed by atoms with Crippen LogP contribution in [0.3, 0.4) is 0 Å². The van der Waals surface area contributed by atoms with Gasteiger partial charge in [-0.1, -0.05) is 0 Å². The van der Waals surface area contributed by atoms with Crippen molar-refractivity contribution < 1.29 is 28.2 Å². The minimum Gasteiger partial charge on any atom is -0.481 e. The van der Waals surface area contributed by atoms with Crippen LogP contribution in [0, 0.1) is 0 Å². The summed E-state index contributed by atoms with van der Waals surface area (Å²) in [5, 5.41) is 17.2. The standard InChI is InChI=1S/C7H15N3O6S/c8-2-1-3-17(15,16)10(9)5(7(13)14)4-6(11)12/h5H,1-4,8-9H2,(H,11,12)(H,13,14). The van der Waals surface area contributed by atoms with Crippen LogP contribution in [0.25, 0.3) is 0 Å². The van der Waals surface area contributed by atoms with E-state index in [0.29, 0.717) is 0 Å². The molecule has 10 heteroatoms. The summed E-state index contributed by atoms with van der Waals surface area (Å²) in [6.07, 6.45) is -0.802. The van der Waals surface area contributed by atoms with E-state index in [9.17, 15) is 18.0 Å². The molecule has 0 heterocycles. The molecule has 6 N–H and O–H groups in total. The highest BCUT2D eigenvalue weighted by atomic mass is 32.2. The topological polar surface area (TPSA) is 164 Å². The van der Waals surface area contributed by atoms with Crippen molar-refractivity contribution in [3.05, 3.63) is 0 Å². The van der Waals surface area contributed by atoms with Gasteiger partial charge in [0.1, 0.15) is 6.04 Å². The van der Waals surface area contributed by atoms with E-state index in [4.69, 9.17) is 21.8 Å². The molecule has 0 fully saturated rings. The number of hydrogen-bond donors (Lipinski definition) is 4. The molecule has 0 aromatic rings. The van der Waals surface area contributed by atoms with Crippen LogP contribution in [0.5, 0.6) is 0 Å². The molecule has 0 spiro atoms. The van der Waals surface area contributed by atoms with Gasteiger partial charge in [-0.3, -0.25) is 15.4 Å². The molecule has 1 atom stereocenters. The lowest BCUT2D eigenvalue weighted by molar-refractivity contribution is -0.148. The van der Waals surface area contributed by atoms with Gasteiger partial charge in [0, 0.05) is 0 Å². The summed E-state index contributed by atoms with van der Waals surface area (Å²) >= 11 is 0. The normalized spacial score (nSPS) is 13.6. The molecule has 0 aliphatic rings. The van der Waals surface area contributed by atoms with Crippen molar-refractivity contribution >= 4 is 22.0 Å². The molecule has 0 aliphatic heterocycles. The second kappa shape index (κ2) is 6.49. The van der Waals surface area contributed by atoms with Crippen LogP contribution in [0.1, 0.15) is 12.8 Å². The largest absolute Gasteiger partial charge is 0.481 e. The first-order chi connectivity index (χ1) is 7.72. The zero-order valence-electron chi connectivity index (χ0n) is 8.94. The van der Waals surface area contributed by atoms with Crippen molar-refractivity contribution in [1.82, 2.24) is 4.41 Å². The summed E-state index contributed by atoms with van der Waals surface area (Å²) in [7, 11) is -4.03. The summed E-state index contributed by atoms with van der Waals surface area (Å²) < 4.78 is 23.1. The minimum absolute atomic E-state index is 0.0686. The van der Waals surface area contributed by atoms with Gasteiger partial charge in [0.15, 0.2) is 0 Å². The Bertz CT molecular complexity index is 381. The number of hydrogen-bond acceptors (Lipinski definition) is 6. The maximum Gasteiger partial charge on any atom is 0.324 e. The molecule has 0 radical (unpaired) electrons. The van der Waals surface area contributed by atoms with E-state index in [0.717, 1.165) is 0 Å². The summed E-state index contributed by atoms with van der Waals surface area (Å²) in [6.45, 7) is 0.101. The number of aliphatic carboxylic acids is 2. The van der Waals surface area contributed by atoms with E-state index in [2.05, 4.69) is 0 Å². The first-order valence-corrected chi connectivity index (χ1v) is 6.24. The van der Waals surface area contributed by atoms with Gasteiger partial charge >= 0.3 is 11.9 Å². The molecule has 0 aromatic carbocycles. The molecule has 1 unspecified atom stereocenters. The third-order valence-corrected chi connectivity index (χ3v) is 3.59. The maximum atomic E-state index is 11.5. The lowest BCUT2D eigenvalue weighted by Crippen LogP contribution is -2.51. The van der Waals surface area contributed by atoms with E-state index >= 15 is 0 Å². The Hall–Kier alpha value is -1.23. The van der Waals surface area contributed by atoms with Gasteiger partial charge in [-0.2, -0.15) is 0 Å². The Morgan fingerprint density at radius 1 is 1.29 bits per heavy atom. The highest BCUT2D eigenvalue weighted by Crippen LogP contribution is 2.08. The van der Waals surface area contributed by atoms with Gasteiger partial charge < -0.3 is 15.9 Å². The summed E-state index contributed by atoms with van der Waals surface area (Å²) in [4.78, 5) is 21.1. The Morgan fingerprint density at radius 3 is 2.18 bits per heavy atom. The summed E-state index contributed by atoms with van der Waals surface area (Å²) in [5.74, 6) is 1.64. The van der Waals surface area contributed by atoms with Crippen molar-refractivity contribution in [2.24, 2.45) is 11.6 Å². The number of nitrogens with zero attached hydrogens (tertiary/aromatic N) is 1. The van der Waals surface area contributed by atoms with Crippen LogP contribution >= 0.6 is 0 Å². The summed E-state index contributed by atoms with van der Waals surface area (Å²) in [6, 6.07) is -1.82. The quantitative estimate of drug-likeness (QED) is 0.284. The molecule has 0 saturated carbocycles. The van der Waals surface area contributed by atoms with Gasteiger partial charge in [-0.15, -0.1) is 4.41 Å². The maximum absolute atomic E-state index is 11.5. The van der Waals surface area contributed by atoms with Crippen molar-refractivity contribution in [3.63, 3.8) is 0 Å². The average molecular weight is 269 g/mol. The molecular formula is C7H15N3O6S. The van der Waals surface area contributed by atoms with Crippen LogP contribution in [-0.2, 0) is 19.6 Å². The zero-order valence-corrected chi connectivity index (χ0v) is 9.76. The Morgan fingerprint density at radius 2 is 1.82 bits per heavy atom. The van der Waals surface area contributed by atoms with E-state index in [1.807, 2.05) is 0 Å². The predicted molar refractivity (Wildman–Crippen MR) is 57.2 cm³/mol. The molecule has 0 rings (SSSR count). The molecule has 0 saturated heterocycles. The molecular weight excluding hydrogens is 254 g/mol. The Balaban J connectivity index is 4.88. The Labute approximate surface area is 98.0 Å². The molecule has 17 heavy (non-hydrogen) atoms. The monoisotopic (exact) mass is 269 g/mol. The van der Waals surface area contributed by atoms with Crippen LogP contribution in [0.2, 0.25) is 0 Å². The minimum atomic E-state index is -4.03. The third kappa shape index (κ3) is 5.08. The number of sulfonamides is 1. The van der Waals surface area contributed by atoms with Crippen LogP contribution < -0.4 is 11.6 Å². The highest BCUT2D eigenvalue weighted by Gasteiger charge is 2.33. The number of carboxylic acids is 2. The smallest absolute Gasteiger partial charge is 0.324 e. The SMILES string of the molecule is NCCCS(=O)(=O)N(N)C(CC(=O)O)C(=O)O. The fourth-order valence-electron chi connectivity index (χ4n) is 1.02. The number of carboxylic acid groups (broad SMARTS) is 2. The van der Waals surface area contributed by atoms with E-state index in [1.54, 1.807) is 0 Å². The second-order valence-electron chi connectivity index (χ2n) is 3.24. The van der Waals surface area contributed by atoms with Gasteiger partial charge in [0.05, 0.1) is 12.2 Å². The van der Waals surface area contributed by atoms with Gasteiger partial charge in [-0.05, 0) is 13.0 Å². The zero-order chi connectivity index (χ0) is 13.6. The number of hydrazine groups is 1. The van der Waals surface area contributed by atoms with Crippen molar-refractivity contribution in [2.45, 2.75) is 18.9 Å². The molecule has 0 aromatic heterocycles. The van der Waals surface area contributed by atoms with E-state index < -0.39 is 40.2 Å². The lowest BCUT2D eigenvalue weighted by atomic mass is 10.2. The number of carbonyl (C=O) groups is 2. The van der Waals surface area contributed by atoms with Crippen molar-refractivity contribution in [2.75, 3.05) is 12.3 Å². The fraction of sp³-hybridized carbons (Fsp3) is 0.714. The molecule has 0 amide bonds. The first-order valence-electron chi connectivity index (χ1n) is 4.64. The molecule has 0 aliphatic carbocycles. The Kier molecular flexibility index (Phi) is 6.02. The van der Waals surface area contributed by atoms with Gasteiger partial charge in [-0.25, -0.2) is 8.42 Å². The van der Waals surface area contributed by atoms with Crippen LogP contribution in [0.4, 0.5) is 0 Å². The van der Waals surface area contributed by atoms with Crippen molar-refractivity contribution in [3.8, 4) is 0 Å².